The number of carbonyl (C=O) groups is 1. The van der Waals surface area contributed by atoms with Gasteiger partial charge in [0.25, 0.3) is 0 Å². The maximum Gasteiger partial charge on any atom is 0.371 e. The Kier molecular flexibility index (Phi) is 5.14. The molecule has 23 heavy (non-hydrogen) atoms. The van der Waals surface area contributed by atoms with Crippen molar-refractivity contribution < 1.29 is 19.1 Å². The molecule has 0 fully saturated rings. The molecule has 0 aliphatic heterocycles. The third kappa shape index (κ3) is 3.76. The van der Waals surface area contributed by atoms with E-state index in [1.807, 2.05) is 13.0 Å². The number of hydrogen-bond acceptors (Lipinski definition) is 3. The van der Waals surface area contributed by atoms with Crippen LogP contribution >= 0.6 is 0 Å². The highest BCUT2D eigenvalue weighted by atomic mass is 16.5. The quantitative estimate of drug-likeness (QED) is 0.785. The lowest BCUT2D eigenvalue weighted by atomic mass is 9.77. The Balaban J connectivity index is 2.10. The van der Waals surface area contributed by atoms with Crippen LogP contribution in [0.3, 0.4) is 0 Å². The average molecular weight is 316 g/mol. The molecule has 0 spiro atoms. The van der Waals surface area contributed by atoms with Gasteiger partial charge in [-0.25, -0.2) is 4.79 Å². The summed E-state index contributed by atoms with van der Waals surface area (Å²) in [6, 6.07) is 9.33. The van der Waals surface area contributed by atoms with Gasteiger partial charge in [-0.05, 0) is 54.5 Å². The van der Waals surface area contributed by atoms with E-state index in [-0.39, 0.29) is 17.8 Å². The van der Waals surface area contributed by atoms with Gasteiger partial charge in [-0.3, -0.25) is 0 Å². The van der Waals surface area contributed by atoms with E-state index in [9.17, 15) is 4.79 Å². The molecular formula is C19H24O4. The van der Waals surface area contributed by atoms with Crippen molar-refractivity contribution in [1.29, 1.82) is 0 Å². The van der Waals surface area contributed by atoms with Crippen molar-refractivity contribution in [1.82, 2.24) is 0 Å². The van der Waals surface area contributed by atoms with Gasteiger partial charge in [-0.1, -0.05) is 32.9 Å². The molecule has 0 unspecified atom stereocenters. The zero-order valence-electron chi connectivity index (χ0n) is 14.2. The molecule has 0 amide bonds. The van der Waals surface area contributed by atoms with Crippen LogP contribution in [0, 0.1) is 6.92 Å². The van der Waals surface area contributed by atoms with Gasteiger partial charge in [0.1, 0.15) is 18.1 Å². The summed E-state index contributed by atoms with van der Waals surface area (Å²) < 4.78 is 11.0. The normalized spacial score (nSPS) is 11.5. The molecule has 1 N–H and O–H groups in total. The fraction of sp³-hybridized carbons (Fsp3) is 0.421. The maximum atomic E-state index is 10.8. The number of carboxylic acids is 1. The lowest BCUT2D eigenvalue weighted by Crippen LogP contribution is -2.19. The number of aromatic carboxylic acids is 1. The number of aryl methyl sites for hydroxylation is 1. The summed E-state index contributed by atoms with van der Waals surface area (Å²) in [4.78, 5) is 10.8. The highest BCUT2D eigenvalue weighted by Gasteiger charge is 2.22. The van der Waals surface area contributed by atoms with E-state index in [2.05, 4.69) is 32.9 Å². The molecule has 2 rings (SSSR count). The molecule has 4 nitrogen and oxygen atoms in total. The summed E-state index contributed by atoms with van der Waals surface area (Å²) in [5, 5.41) is 8.85. The number of benzene rings is 1. The van der Waals surface area contributed by atoms with Crippen LogP contribution in [0.25, 0.3) is 0 Å². The van der Waals surface area contributed by atoms with Gasteiger partial charge in [0.15, 0.2) is 0 Å². The predicted molar refractivity (Wildman–Crippen MR) is 89.1 cm³/mol. The summed E-state index contributed by atoms with van der Waals surface area (Å²) >= 11 is 0. The Labute approximate surface area is 137 Å². The van der Waals surface area contributed by atoms with Crippen LogP contribution in [0.1, 0.15) is 61.1 Å². The van der Waals surface area contributed by atoms with Crippen LogP contribution in [0.4, 0.5) is 0 Å². The summed E-state index contributed by atoms with van der Waals surface area (Å²) in [5.41, 5.74) is 2.57. The first-order valence-electron chi connectivity index (χ1n) is 7.95. The number of ether oxygens (including phenoxy) is 1. The molecule has 0 saturated carbocycles. The highest BCUT2D eigenvalue weighted by Crippen LogP contribution is 2.33. The number of carboxylic acid groups (broad SMARTS) is 1. The van der Waals surface area contributed by atoms with E-state index in [4.69, 9.17) is 14.3 Å². The van der Waals surface area contributed by atoms with Crippen molar-refractivity contribution in [2.24, 2.45) is 0 Å². The first-order chi connectivity index (χ1) is 10.9. The Morgan fingerprint density at radius 3 is 2.43 bits per heavy atom. The van der Waals surface area contributed by atoms with Crippen LogP contribution in [0.15, 0.2) is 34.7 Å². The van der Waals surface area contributed by atoms with E-state index in [1.54, 1.807) is 6.07 Å². The molecule has 0 radical (unpaired) electrons. The Morgan fingerprint density at radius 2 is 1.91 bits per heavy atom. The SMILES string of the molecule is CCC(C)(CC)c1ccc(OCc2ccc(C(=O)O)o2)c(C)c1. The summed E-state index contributed by atoms with van der Waals surface area (Å²) in [6.45, 7) is 8.93. The molecule has 0 bridgehead atoms. The zero-order chi connectivity index (χ0) is 17.0. The molecule has 1 heterocycles. The van der Waals surface area contributed by atoms with Crippen LogP contribution in [0.2, 0.25) is 0 Å². The molecule has 0 aliphatic rings. The molecule has 2 aromatic rings. The van der Waals surface area contributed by atoms with Gasteiger partial charge in [-0.2, -0.15) is 0 Å². The Morgan fingerprint density at radius 1 is 1.22 bits per heavy atom. The third-order valence-corrected chi connectivity index (χ3v) is 4.67. The van der Waals surface area contributed by atoms with E-state index in [0.29, 0.717) is 5.76 Å². The molecule has 0 aliphatic carbocycles. The number of hydrogen-bond donors (Lipinski definition) is 1. The van der Waals surface area contributed by atoms with Gasteiger partial charge >= 0.3 is 5.97 Å². The minimum Gasteiger partial charge on any atom is -0.485 e. The van der Waals surface area contributed by atoms with Crippen molar-refractivity contribution in [3.63, 3.8) is 0 Å². The Bertz CT molecular complexity index is 680. The van der Waals surface area contributed by atoms with Gasteiger partial charge in [-0.15, -0.1) is 0 Å². The lowest BCUT2D eigenvalue weighted by molar-refractivity contribution is 0.0658. The van der Waals surface area contributed by atoms with Crippen LogP contribution in [-0.4, -0.2) is 11.1 Å². The van der Waals surface area contributed by atoms with Crippen LogP contribution < -0.4 is 4.74 Å². The first kappa shape index (κ1) is 17.1. The second kappa shape index (κ2) is 6.90. The fourth-order valence-electron chi connectivity index (χ4n) is 2.56. The largest absolute Gasteiger partial charge is 0.485 e. The standard InChI is InChI=1S/C19H24O4/c1-5-19(4,6-2)14-7-9-16(13(3)11-14)22-12-15-8-10-17(23-15)18(20)21/h7-11H,5-6,12H2,1-4H3,(H,20,21). The first-order valence-corrected chi connectivity index (χ1v) is 7.95. The van der Waals surface area contributed by atoms with E-state index in [0.717, 1.165) is 24.2 Å². The zero-order valence-corrected chi connectivity index (χ0v) is 14.2. The topological polar surface area (TPSA) is 59.7 Å². The molecule has 124 valence electrons. The minimum atomic E-state index is -1.07. The monoisotopic (exact) mass is 316 g/mol. The van der Waals surface area contributed by atoms with Crippen molar-refractivity contribution in [2.75, 3.05) is 0 Å². The van der Waals surface area contributed by atoms with E-state index < -0.39 is 5.97 Å². The molecule has 0 atom stereocenters. The van der Waals surface area contributed by atoms with E-state index >= 15 is 0 Å². The van der Waals surface area contributed by atoms with Gasteiger partial charge < -0.3 is 14.3 Å². The van der Waals surface area contributed by atoms with Crippen molar-refractivity contribution in [3.05, 3.63) is 53.0 Å². The summed E-state index contributed by atoms with van der Waals surface area (Å²) in [5.74, 6) is 0.141. The molecule has 4 heteroatoms. The van der Waals surface area contributed by atoms with Crippen LogP contribution in [0.5, 0.6) is 5.75 Å². The van der Waals surface area contributed by atoms with Crippen molar-refractivity contribution >= 4 is 5.97 Å². The average Bonchev–Trinajstić information content (AvgIpc) is 3.02. The van der Waals surface area contributed by atoms with Gasteiger partial charge in [0.05, 0.1) is 0 Å². The third-order valence-electron chi connectivity index (χ3n) is 4.67. The van der Waals surface area contributed by atoms with Crippen LogP contribution in [-0.2, 0) is 12.0 Å². The number of furan rings is 1. The lowest BCUT2D eigenvalue weighted by Gasteiger charge is -2.28. The van der Waals surface area contributed by atoms with Gasteiger partial charge in [0.2, 0.25) is 5.76 Å². The maximum absolute atomic E-state index is 10.8. The Hall–Kier alpha value is -2.23. The highest BCUT2D eigenvalue weighted by molar-refractivity contribution is 5.84. The smallest absolute Gasteiger partial charge is 0.371 e. The molecule has 1 aromatic carbocycles. The molecule has 1 aromatic heterocycles. The van der Waals surface area contributed by atoms with E-state index in [1.165, 1.54) is 11.6 Å². The summed E-state index contributed by atoms with van der Waals surface area (Å²) in [6.07, 6.45) is 2.18. The fourth-order valence-corrected chi connectivity index (χ4v) is 2.56. The predicted octanol–water partition coefficient (Wildman–Crippen LogP) is 4.94. The van der Waals surface area contributed by atoms with Crippen molar-refractivity contribution in [3.8, 4) is 5.75 Å². The second-order valence-corrected chi connectivity index (χ2v) is 6.11. The second-order valence-electron chi connectivity index (χ2n) is 6.11. The molecule has 0 saturated heterocycles. The van der Waals surface area contributed by atoms with Gasteiger partial charge in [0, 0.05) is 0 Å². The summed E-state index contributed by atoms with van der Waals surface area (Å²) in [7, 11) is 0. The molecular weight excluding hydrogens is 292 g/mol. The van der Waals surface area contributed by atoms with Crippen molar-refractivity contribution in [2.45, 2.75) is 52.6 Å². The number of rotatable bonds is 7. The minimum absolute atomic E-state index is 0.0719.